The number of hydrogen-bond donors (Lipinski definition) is 4. The summed E-state index contributed by atoms with van der Waals surface area (Å²) in [5.74, 6) is -0.536. The molecule has 0 rings (SSSR count). The maximum absolute atomic E-state index is 12.3. The summed E-state index contributed by atoms with van der Waals surface area (Å²) in [6.45, 7) is 4.07. The normalized spacial score (nSPS) is 14.5. The molecule has 0 saturated heterocycles. The van der Waals surface area contributed by atoms with Crippen molar-refractivity contribution in [1.82, 2.24) is 5.32 Å². The molecule has 0 aliphatic rings. The first-order valence-corrected chi connectivity index (χ1v) is 17.5. The molecule has 0 saturated carbocycles. The van der Waals surface area contributed by atoms with Crippen LogP contribution >= 0.6 is 0 Å². The van der Waals surface area contributed by atoms with E-state index in [1.54, 1.807) is 6.08 Å². The molecule has 5 heteroatoms. The van der Waals surface area contributed by atoms with E-state index < -0.39 is 24.2 Å². The fourth-order valence-electron chi connectivity index (χ4n) is 4.78. The lowest BCUT2D eigenvalue weighted by atomic mass is 10.1. The zero-order valence-corrected chi connectivity index (χ0v) is 27.4. The summed E-state index contributed by atoms with van der Waals surface area (Å²) in [6, 6.07) is -0.825. The summed E-state index contributed by atoms with van der Waals surface area (Å²) in [5.41, 5.74) is 0. The van der Waals surface area contributed by atoms with Gasteiger partial charge in [-0.25, -0.2) is 0 Å². The SMILES string of the molecule is CCCC/C=C\CCCCCC(O)C(=O)NC(CO)C(O)/C=C/CC/C=C/CC/C=C/CCCCCCCCCCC. The van der Waals surface area contributed by atoms with Crippen LogP contribution in [0.1, 0.15) is 155 Å². The minimum Gasteiger partial charge on any atom is -0.394 e. The van der Waals surface area contributed by atoms with Crippen molar-refractivity contribution in [3.05, 3.63) is 48.6 Å². The Morgan fingerprint density at radius 3 is 1.52 bits per heavy atom. The van der Waals surface area contributed by atoms with Crippen LogP contribution in [-0.4, -0.2) is 46.1 Å². The van der Waals surface area contributed by atoms with E-state index in [4.69, 9.17) is 0 Å². The van der Waals surface area contributed by atoms with E-state index in [9.17, 15) is 20.1 Å². The Balaban J connectivity index is 3.86. The number of aliphatic hydroxyl groups is 3. The minimum absolute atomic E-state index is 0.386. The highest BCUT2D eigenvalue weighted by Gasteiger charge is 2.22. The number of unbranched alkanes of at least 4 members (excludes halogenated alkanes) is 16. The molecule has 0 heterocycles. The molecule has 0 aromatic carbocycles. The zero-order valence-electron chi connectivity index (χ0n) is 27.4. The molecule has 3 atom stereocenters. The smallest absolute Gasteiger partial charge is 0.249 e. The Hall–Kier alpha value is -1.69. The van der Waals surface area contributed by atoms with Crippen LogP contribution in [-0.2, 0) is 4.79 Å². The molecule has 0 radical (unpaired) electrons. The number of rotatable bonds is 30. The molecule has 3 unspecified atom stereocenters. The molecule has 0 bridgehead atoms. The highest BCUT2D eigenvalue weighted by atomic mass is 16.3. The highest BCUT2D eigenvalue weighted by molar-refractivity contribution is 5.80. The summed E-state index contributed by atoms with van der Waals surface area (Å²) in [7, 11) is 0. The number of nitrogens with one attached hydrogen (secondary N) is 1. The van der Waals surface area contributed by atoms with E-state index in [0.29, 0.717) is 6.42 Å². The van der Waals surface area contributed by atoms with Gasteiger partial charge in [0.25, 0.3) is 0 Å². The van der Waals surface area contributed by atoms with E-state index >= 15 is 0 Å². The fourth-order valence-corrected chi connectivity index (χ4v) is 4.78. The molecule has 1 amide bonds. The van der Waals surface area contributed by atoms with Crippen molar-refractivity contribution in [2.45, 2.75) is 173 Å². The second-order valence-electron chi connectivity index (χ2n) is 11.7. The van der Waals surface area contributed by atoms with Gasteiger partial charge in [-0.15, -0.1) is 0 Å². The maximum Gasteiger partial charge on any atom is 0.249 e. The first-order valence-electron chi connectivity index (χ1n) is 17.5. The number of hydrogen-bond acceptors (Lipinski definition) is 4. The van der Waals surface area contributed by atoms with Crippen LogP contribution in [0.4, 0.5) is 0 Å². The fraction of sp³-hybridized carbons (Fsp3) is 0.757. The lowest BCUT2D eigenvalue weighted by Crippen LogP contribution is -2.48. The van der Waals surface area contributed by atoms with Crippen LogP contribution < -0.4 is 5.32 Å². The Labute approximate surface area is 259 Å². The summed E-state index contributed by atoms with van der Waals surface area (Å²) >= 11 is 0. The minimum atomic E-state index is -1.12. The Bertz CT molecular complexity index is 700. The van der Waals surface area contributed by atoms with E-state index in [1.165, 1.54) is 77.0 Å². The standard InChI is InChI=1S/C37H67NO4/c1-3-5-7-9-11-13-14-15-16-17-18-19-20-21-22-24-25-27-29-31-35(40)34(33-39)38-37(42)36(41)32-30-28-26-23-12-10-8-6-4-2/h10,12,18-19,22,24,29,31,34-36,39-41H,3-9,11,13-17,20-21,23,25-28,30,32-33H2,1-2H3,(H,38,42)/b12-10-,19-18+,24-22+,31-29+. The molecule has 0 fully saturated rings. The average Bonchev–Trinajstić information content (AvgIpc) is 2.99. The third-order valence-electron chi connectivity index (χ3n) is 7.62. The maximum atomic E-state index is 12.3. The van der Waals surface area contributed by atoms with Gasteiger partial charge in [0.1, 0.15) is 6.10 Å². The number of allylic oxidation sites excluding steroid dienone is 7. The average molecular weight is 590 g/mol. The van der Waals surface area contributed by atoms with Crippen LogP contribution in [0.3, 0.4) is 0 Å². The van der Waals surface area contributed by atoms with Crippen molar-refractivity contribution in [3.8, 4) is 0 Å². The van der Waals surface area contributed by atoms with Gasteiger partial charge < -0.3 is 20.6 Å². The molecule has 0 aliphatic carbocycles. The lowest BCUT2D eigenvalue weighted by molar-refractivity contribution is -0.131. The first kappa shape index (κ1) is 40.3. The number of carbonyl (C=O) groups excluding carboxylic acids is 1. The van der Waals surface area contributed by atoms with Gasteiger partial charge in [-0.1, -0.05) is 140 Å². The topological polar surface area (TPSA) is 89.8 Å². The number of carbonyl (C=O) groups is 1. The molecule has 0 spiro atoms. The second kappa shape index (κ2) is 32.2. The largest absolute Gasteiger partial charge is 0.394 e. The molecular weight excluding hydrogens is 522 g/mol. The highest BCUT2D eigenvalue weighted by Crippen LogP contribution is 2.11. The van der Waals surface area contributed by atoms with E-state index in [1.807, 2.05) is 6.08 Å². The van der Waals surface area contributed by atoms with Crippen LogP contribution in [0, 0.1) is 0 Å². The quantitative estimate of drug-likeness (QED) is 0.0497. The van der Waals surface area contributed by atoms with Gasteiger partial charge in [-0.2, -0.15) is 0 Å². The first-order chi connectivity index (χ1) is 20.6. The predicted molar refractivity (Wildman–Crippen MR) is 181 cm³/mol. The van der Waals surface area contributed by atoms with Crippen molar-refractivity contribution >= 4 is 5.91 Å². The van der Waals surface area contributed by atoms with Gasteiger partial charge in [-0.05, 0) is 64.2 Å². The zero-order chi connectivity index (χ0) is 30.9. The molecule has 244 valence electrons. The Kier molecular flexibility index (Phi) is 30.9. The second-order valence-corrected chi connectivity index (χ2v) is 11.7. The summed E-state index contributed by atoms with van der Waals surface area (Å²) in [5, 5.41) is 32.7. The van der Waals surface area contributed by atoms with Crippen molar-refractivity contribution in [3.63, 3.8) is 0 Å². The van der Waals surface area contributed by atoms with Crippen LogP contribution in [0.2, 0.25) is 0 Å². The summed E-state index contributed by atoms with van der Waals surface area (Å²) in [6.07, 6.45) is 39.9. The molecule has 0 aromatic rings. The van der Waals surface area contributed by atoms with Crippen molar-refractivity contribution in [1.29, 1.82) is 0 Å². The van der Waals surface area contributed by atoms with Crippen molar-refractivity contribution < 1.29 is 20.1 Å². The number of amides is 1. The molecule has 42 heavy (non-hydrogen) atoms. The third kappa shape index (κ3) is 27.2. The monoisotopic (exact) mass is 590 g/mol. The van der Waals surface area contributed by atoms with Gasteiger partial charge in [0, 0.05) is 0 Å². The Morgan fingerprint density at radius 1 is 0.571 bits per heavy atom. The third-order valence-corrected chi connectivity index (χ3v) is 7.62. The summed E-state index contributed by atoms with van der Waals surface area (Å²) < 4.78 is 0. The lowest BCUT2D eigenvalue weighted by Gasteiger charge is -2.21. The van der Waals surface area contributed by atoms with E-state index in [0.717, 1.165) is 57.8 Å². The Morgan fingerprint density at radius 2 is 1.00 bits per heavy atom. The van der Waals surface area contributed by atoms with E-state index in [-0.39, 0.29) is 6.61 Å². The predicted octanol–water partition coefficient (Wildman–Crippen LogP) is 9.03. The molecule has 0 aromatic heterocycles. The van der Waals surface area contributed by atoms with Crippen LogP contribution in [0.25, 0.3) is 0 Å². The van der Waals surface area contributed by atoms with Gasteiger partial charge in [0.2, 0.25) is 5.91 Å². The van der Waals surface area contributed by atoms with Crippen LogP contribution in [0.5, 0.6) is 0 Å². The van der Waals surface area contributed by atoms with Crippen molar-refractivity contribution in [2.75, 3.05) is 6.61 Å². The van der Waals surface area contributed by atoms with E-state index in [2.05, 4.69) is 55.6 Å². The van der Waals surface area contributed by atoms with Crippen molar-refractivity contribution in [2.24, 2.45) is 0 Å². The van der Waals surface area contributed by atoms with Crippen LogP contribution in [0.15, 0.2) is 48.6 Å². The summed E-state index contributed by atoms with van der Waals surface area (Å²) in [4.78, 5) is 12.3. The van der Waals surface area contributed by atoms with Gasteiger partial charge in [-0.3, -0.25) is 4.79 Å². The van der Waals surface area contributed by atoms with Gasteiger partial charge in [0.05, 0.1) is 18.8 Å². The molecule has 4 N–H and O–H groups in total. The molecule has 5 nitrogen and oxygen atoms in total. The van der Waals surface area contributed by atoms with Gasteiger partial charge >= 0.3 is 0 Å². The molecule has 0 aliphatic heterocycles. The van der Waals surface area contributed by atoms with Gasteiger partial charge in [0.15, 0.2) is 0 Å². The molecular formula is C37H67NO4. The number of aliphatic hydroxyl groups excluding tert-OH is 3.